The highest BCUT2D eigenvalue weighted by Crippen LogP contribution is 1.66. The molecule has 0 bridgehead atoms. The van der Waals surface area contributed by atoms with E-state index in [0.717, 1.165) is 0 Å². The molecule has 0 saturated heterocycles. The summed E-state index contributed by atoms with van der Waals surface area (Å²) in [6, 6.07) is 0. The maximum absolute atomic E-state index is 10.2. The van der Waals surface area contributed by atoms with Crippen LogP contribution in [-0.4, -0.2) is 23.9 Å². The molecular formula is C4H8N2O3. The smallest absolute Gasteiger partial charge is 0.371 e. The fourth-order valence-corrected chi connectivity index (χ4v) is 0.217. The molecule has 0 radical (unpaired) electrons. The number of nitrogens with one attached hydrogen (secondary N) is 1. The molecule has 52 valence electrons. The molecule has 0 spiro atoms. The first-order valence-corrected chi connectivity index (χ1v) is 2.42. The Balaban J connectivity index is 3.27. The maximum atomic E-state index is 10.2. The molecule has 2 N–H and O–H groups in total. The summed E-state index contributed by atoms with van der Waals surface area (Å²) < 4.78 is 0. The standard InChI is InChI=1S/C4H8N2O3/c1-2-6-9-4(7)3-5-8/h3,6,8H,2H2,1H3. The van der Waals surface area contributed by atoms with E-state index in [1.54, 1.807) is 6.92 Å². The van der Waals surface area contributed by atoms with Gasteiger partial charge in [0.05, 0.1) is 0 Å². The van der Waals surface area contributed by atoms with Crippen molar-refractivity contribution in [2.24, 2.45) is 5.16 Å². The van der Waals surface area contributed by atoms with Crippen molar-refractivity contribution >= 4 is 12.2 Å². The average Bonchev–Trinajstić information content (AvgIpc) is 1.85. The largest absolute Gasteiger partial charge is 0.411 e. The number of rotatable bonds is 3. The molecule has 0 aliphatic rings. The van der Waals surface area contributed by atoms with Gasteiger partial charge in [-0.25, -0.2) is 4.79 Å². The minimum absolute atomic E-state index is 0.519. The molecule has 0 atom stereocenters. The summed E-state index contributed by atoms with van der Waals surface area (Å²) >= 11 is 0. The summed E-state index contributed by atoms with van der Waals surface area (Å²) in [7, 11) is 0. The first-order chi connectivity index (χ1) is 4.31. The van der Waals surface area contributed by atoms with Crippen LogP contribution in [0.1, 0.15) is 6.92 Å². The van der Waals surface area contributed by atoms with E-state index in [2.05, 4.69) is 15.5 Å². The fraction of sp³-hybridized carbons (Fsp3) is 0.500. The predicted octanol–water partition coefficient (Wildman–Crippen LogP) is -0.486. The van der Waals surface area contributed by atoms with Crippen molar-refractivity contribution in [1.82, 2.24) is 5.48 Å². The molecule has 5 heteroatoms. The second-order valence-corrected chi connectivity index (χ2v) is 1.16. The van der Waals surface area contributed by atoms with Crippen LogP contribution < -0.4 is 5.48 Å². The molecule has 5 nitrogen and oxygen atoms in total. The van der Waals surface area contributed by atoms with Gasteiger partial charge in [0.2, 0.25) is 0 Å². The van der Waals surface area contributed by atoms with E-state index in [0.29, 0.717) is 12.8 Å². The van der Waals surface area contributed by atoms with E-state index in [1.165, 1.54) is 0 Å². The van der Waals surface area contributed by atoms with Crippen LogP contribution >= 0.6 is 0 Å². The lowest BCUT2D eigenvalue weighted by Crippen LogP contribution is -2.19. The first kappa shape index (κ1) is 7.90. The number of hydrogen-bond acceptors (Lipinski definition) is 5. The molecule has 0 rings (SSSR count). The normalized spacial score (nSPS) is 9.89. The summed E-state index contributed by atoms with van der Waals surface area (Å²) in [5.74, 6) is -0.723. The second kappa shape index (κ2) is 5.04. The summed E-state index contributed by atoms with van der Waals surface area (Å²) in [6.45, 7) is 2.29. The molecule has 0 fully saturated rings. The highest BCUT2D eigenvalue weighted by Gasteiger charge is 1.93. The molecule has 0 aliphatic heterocycles. The van der Waals surface area contributed by atoms with Gasteiger partial charge in [-0.15, -0.1) is 0 Å². The summed E-state index contributed by atoms with van der Waals surface area (Å²) in [6.07, 6.45) is 0.655. The van der Waals surface area contributed by atoms with E-state index >= 15 is 0 Å². The van der Waals surface area contributed by atoms with E-state index in [4.69, 9.17) is 5.21 Å². The Labute approximate surface area is 52.3 Å². The molecule has 0 amide bonds. The zero-order chi connectivity index (χ0) is 7.11. The van der Waals surface area contributed by atoms with Gasteiger partial charge in [0, 0.05) is 6.54 Å². The SMILES string of the molecule is CCNOC(=O)C=NO. The van der Waals surface area contributed by atoms with Crippen molar-refractivity contribution < 1.29 is 14.8 Å². The van der Waals surface area contributed by atoms with E-state index in [9.17, 15) is 4.79 Å². The van der Waals surface area contributed by atoms with Gasteiger partial charge in [0.25, 0.3) is 0 Å². The van der Waals surface area contributed by atoms with Crippen molar-refractivity contribution in [2.75, 3.05) is 6.54 Å². The van der Waals surface area contributed by atoms with Gasteiger partial charge in [-0.2, -0.15) is 5.48 Å². The Kier molecular flexibility index (Phi) is 4.43. The topological polar surface area (TPSA) is 70.9 Å². The average molecular weight is 132 g/mol. The third kappa shape index (κ3) is 4.76. The van der Waals surface area contributed by atoms with Gasteiger partial charge in [-0.3, -0.25) is 0 Å². The Bertz CT molecular complexity index is 112. The minimum Gasteiger partial charge on any atom is -0.411 e. The van der Waals surface area contributed by atoms with E-state index in [-0.39, 0.29) is 0 Å². The maximum Gasteiger partial charge on any atom is 0.371 e. The van der Waals surface area contributed by atoms with Crippen molar-refractivity contribution in [1.29, 1.82) is 0 Å². The molecular weight excluding hydrogens is 124 g/mol. The minimum atomic E-state index is -0.723. The summed E-state index contributed by atoms with van der Waals surface area (Å²) in [5, 5.41) is 10.2. The fourth-order valence-electron chi connectivity index (χ4n) is 0.217. The number of carbonyl (C=O) groups is 1. The highest BCUT2D eigenvalue weighted by atomic mass is 16.7. The van der Waals surface area contributed by atoms with Gasteiger partial charge in [0.1, 0.15) is 0 Å². The summed E-state index contributed by atoms with van der Waals surface area (Å²) in [4.78, 5) is 14.4. The van der Waals surface area contributed by atoms with Crippen LogP contribution in [0.25, 0.3) is 0 Å². The molecule has 0 aromatic heterocycles. The van der Waals surface area contributed by atoms with Gasteiger partial charge >= 0.3 is 5.97 Å². The van der Waals surface area contributed by atoms with Gasteiger partial charge < -0.3 is 10.0 Å². The Morgan fingerprint density at radius 2 is 2.67 bits per heavy atom. The third-order valence-corrected chi connectivity index (χ3v) is 0.480. The Morgan fingerprint density at radius 3 is 3.11 bits per heavy atom. The lowest BCUT2D eigenvalue weighted by atomic mass is 10.8. The highest BCUT2D eigenvalue weighted by molar-refractivity contribution is 6.22. The lowest BCUT2D eigenvalue weighted by Gasteiger charge is -1.95. The zero-order valence-corrected chi connectivity index (χ0v) is 5.00. The molecule has 0 aromatic rings. The van der Waals surface area contributed by atoms with Gasteiger partial charge in [-0.1, -0.05) is 5.16 Å². The number of carbonyl (C=O) groups excluding carboxylic acids is 1. The number of oxime groups is 1. The van der Waals surface area contributed by atoms with E-state index in [1.807, 2.05) is 0 Å². The molecule has 0 saturated carbocycles. The van der Waals surface area contributed by atoms with Crippen molar-refractivity contribution in [3.05, 3.63) is 0 Å². The Hall–Kier alpha value is -1.10. The van der Waals surface area contributed by atoms with Crippen molar-refractivity contribution in [3.8, 4) is 0 Å². The third-order valence-electron chi connectivity index (χ3n) is 0.480. The van der Waals surface area contributed by atoms with Gasteiger partial charge in [-0.05, 0) is 6.92 Å². The van der Waals surface area contributed by atoms with Crippen LogP contribution in [0.4, 0.5) is 0 Å². The molecule has 0 aromatic carbocycles. The number of hydroxylamine groups is 1. The van der Waals surface area contributed by atoms with Crippen LogP contribution in [0.3, 0.4) is 0 Å². The lowest BCUT2D eigenvalue weighted by molar-refractivity contribution is -0.141. The predicted molar refractivity (Wildman–Crippen MR) is 30.0 cm³/mol. The quantitative estimate of drug-likeness (QED) is 0.309. The van der Waals surface area contributed by atoms with Crippen molar-refractivity contribution in [3.63, 3.8) is 0 Å². The van der Waals surface area contributed by atoms with Crippen LogP contribution in [0.15, 0.2) is 5.16 Å². The van der Waals surface area contributed by atoms with Crippen LogP contribution in [0, 0.1) is 0 Å². The zero-order valence-electron chi connectivity index (χ0n) is 5.00. The van der Waals surface area contributed by atoms with Crippen molar-refractivity contribution in [2.45, 2.75) is 6.92 Å². The monoisotopic (exact) mass is 132 g/mol. The Morgan fingerprint density at radius 1 is 2.00 bits per heavy atom. The number of hydrogen-bond donors (Lipinski definition) is 2. The molecule has 9 heavy (non-hydrogen) atoms. The van der Waals surface area contributed by atoms with E-state index < -0.39 is 5.97 Å². The second-order valence-electron chi connectivity index (χ2n) is 1.16. The van der Waals surface area contributed by atoms with Crippen LogP contribution in [0.2, 0.25) is 0 Å². The molecule has 0 unspecified atom stereocenters. The first-order valence-electron chi connectivity index (χ1n) is 2.42. The summed E-state index contributed by atoms with van der Waals surface area (Å²) in [5.41, 5.74) is 2.28. The molecule has 0 heterocycles. The van der Waals surface area contributed by atoms with Crippen LogP contribution in [-0.2, 0) is 9.63 Å². The molecule has 0 aliphatic carbocycles. The number of nitrogens with zero attached hydrogens (tertiary/aromatic N) is 1. The van der Waals surface area contributed by atoms with Crippen LogP contribution in [0.5, 0.6) is 0 Å². The van der Waals surface area contributed by atoms with Gasteiger partial charge in [0.15, 0.2) is 6.21 Å².